The number of carbonyl (C=O) groups excluding carboxylic acids is 2. The van der Waals surface area contributed by atoms with Gasteiger partial charge in [0.15, 0.2) is 0 Å². The van der Waals surface area contributed by atoms with Crippen LogP contribution in [-0.2, 0) is 39.1 Å². The Labute approximate surface area is 239 Å². The van der Waals surface area contributed by atoms with Crippen molar-refractivity contribution >= 4 is 39.3 Å². The molecule has 2 aromatic carbocycles. The molecule has 40 heavy (non-hydrogen) atoms. The molecular formula is C28H36N4O6S2. The van der Waals surface area contributed by atoms with E-state index in [2.05, 4.69) is 10.3 Å². The number of ether oxygens (including phenoxy) is 1. The van der Waals surface area contributed by atoms with E-state index in [-0.39, 0.29) is 18.0 Å². The van der Waals surface area contributed by atoms with Crippen molar-refractivity contribution in [2.45, 2.75) is 64.6 Å². The minimum absolute atomic E-state index is 0.205. The molecule has 216 valence electrons. The average Bonchev–Trinajstić information content (AvgIpc) is 3.36. The fourth-order valence-electron chi connectivity index (χ4n) is 3.91. The summed E-state index contributed by atoms with van der Waals surface area (Å²) in [6, 6.07) is 14.5. The van der Waals surface area contributed by atoms with Crippen molar-refractivity contribution in [2.24, 2.45) is 0 Å². The molecule has 3 N–H and O–H groups in total. The van der Waals surface area contributed by atoms with Gasteiger partial charge in [-0.05, 0) is 56.9 Å². The van der Waals surface area contributed by atoms with Crippen LogP contribution in [-0.4, -0.2) is 53.5 Å². The van der Waals surface area contributed by atoms with E-state index in [0.717, 1.165) is 22.4 Å². The van der Waals surface area contributed by atoms with Gasteiger partial charge in [-0.25, -0.2) is 9.78 Å². The SMILES string of the molecule is CCc1cnc([C@H](Cc2ccc(NS(=O)(=O)O)cc2)NC(=O)[C@H](Cc2ccccc2)N(C)C(=O)OC(C)(C)C)s1. The number of thiazole rings is 1. The number of carbonyl (C=O) groups is 2. The van der Waals surface area contributed by atoms with E-state index < -0.39 is 34.1 Å². The van der Waals surface area contributed by atoms with E-state index in [9.17, 15) is 18.0 Å². The van der Waals surface area contributed by atoms with Gasteiger partial charge in [0.2, 0.25) is 5.91 Å². The van der Waals surface area contributed by atoms with Gasteiger partial charge in [-0.1, -0.05) is 49.4 Å². The van der Waals surface area contributed by atoms with Crippen molar-refractivity contribution in [3.63, 3.8) is 0 Å². The summed E-state index contributed by atoms with van der Waals surface area (Å²) in [5.74, 6) is -0.361. The van der Waals surface area contributed by atoms with Gasteiger partial charge in [0.05, 0.1) is 11.7 Å². The summed E-state index contributed by atoms with van der Waals surface area (Å²) < 4.78 is 38.8. The second-order valence-corrected chi connectivity index (χ2v) is 12.7. The Hall–Kier alpha value is -3.48. The molecule has 12 heteroatoms. The van der Waals surface area contributed by atoms with Crippen molar-refractivity contribution in [3.8, 4) is 0 Å². The molecule has 0 unspecified atom stereocenters. The lowest BCUT2D eigenvalue weighted by Gasteiger charge is -2.31. The lowest BCUT2D eigenvalue weighted by molar-refractivity contribution is -0.126. The maximum absolute atomic E-state index is 13.8. The summed E-state index contributed by atoms with van der Waals surface area (Å²) in [6.07, 6.45) is 2.62. The molecule has 0 saturated carbocycles. The predicted molar refractivity (Wildman–Crippen MR) is 156 cm³/mol. The number of likely N-dealkylation sites (N-methyl/N-ethyl adjacent to an activating group) is 1. The number of aryl methyl sites for hydroxylation is 1. The van der Waals surface area contributed by atoms with Crippen LogP contribution in [0.25, 0.3) is 0 Å². The molecular weight excluding hydrogens is 552 g/mol. The van der Waals surface area contributed by atoms with Crippen LogP contribution >= 0.6 is 11.3 Å². The third-order valence-corrected chi connectivity index (χ3v) is 7.65. The molecule has 0 radical (unpaired) electrons. The van der Waals surface area contributed by atoms with E-state index in [1.807, 2.05) is 42.0 Å². The van der Waals surface area contributed by atoms with Crippen LogP contribution in [0.15, 0.2) is 60.8 Å². The molecule has 3 aromatic rings. The Kier molecular flexibility index (Phi) is 10.3. The molecule has 0 saturated heterocycles. The lowest BCUT2D eigenvalue weighted by atomic mass is 10.0. The third kappa shape index (κ3) is 9.61. The van der Waals surface area contributed by atoms with E-state index in [4.69, 9.17) is 9.29 Å². The van der Waals surface area contributed by atoms with Gasteiger partial charge in [0, 0.05) is 24.5 Å². The summed E-state index contributed by atoms with van der Waals surface area (Å²) in [5.41, 5.74) is 1.17. The van der Waals surface area contributed by atoms with Crippen LogP contribution in [0.3, 0.4) is 0 Å². The molecule has 2 amide bonds. The molecule has 2 atom stereocenters. The Bertz CT molecular complexity index is 1390. The van der Waals surface area contributed by atoms with Crippen LogP contribution in [0.2, 0.25) is 0 Å². The number of amides is 2. The zero-order valence-corrected chi connectivity index (χ0v) is 24.9. The molecule has 0 aliphatic rings. The maximum atomic E-state index is 13.8. The quantitative estimate of drug-likeness (QED) is 0.274. The van der Waals surface area contributed by atoms with Gasteiger partial charge < -0.3 is 10.1 Å². The van der Waals surface area contributed by atoms with Crippen molar-refractivity contribution in [1.29, 1.82) is 0 Å². The van der Waals surface area contributed by atoms with Gasteiger partial charge in [0.25, 0.3) is 0 Å². The van der Waals surface area contributed by atoms with Crippen LogP contribution < -0.4 is 10.0 Å². The molecule has 0 bridgehead atoms. The summed E-state index contributed by atoms with van der Waals surface area (Å²) in [5, 5.41) is 3.81. The minimum atomic E-state index is -4.39. The number of nitrogens with one attached hydrogen (secondary N) is 2. The van der Waals surface area contributed by atoms with Crippen LogP contribution in [0.4, 0.5) is 10.5 Å². The molecule has 1 heterocycles. The Balaban J connectivity index is 1.89. The Morgan fingerprint density at radius 2 is 1.68 bits per heavy atom. The normalized spacial score (nSPS) is 13.2. The van der Waals surface area contributed by atoms with E-state index in [1.165, 1.54) is 28.4 Å². The molecule has 3 rings (SSSR count). The molecule has 0 fully saturated rings. The topological polar surface area (TPSA) is 138 Å². The zero-order chi connectivity index (χ0) is 29.5. The lowest BCUT2D eigenvalue weighted by Crippen LogP contribution is -2.51. The van der Waals surface area contributed by atoms with Crippen LogP contribution in [0, 0.1) is 0 Å². The van der Waals surface area contributed by atoms with Gasteiger partial charge in [0.1, 0.15) is 16.7 Å². The summed E-state index contributed by atoms with van der Waals surface area (Å²) in [7, 11) is -2.84. The number of rotatable bonds is 11. The Morgan fingerprint density at radius 3 is 2.23 bits per heavy atom. The first-order valence-corrected chi connectivity index (χ1v) is 15.1. The fraction of sp³-hybridized carbons (Fsp3) is 0.393. The smallest absolute Gasteiger partial charge is 0.410 e. The molecule has 0 aliphatic carbocycles. The third-order valence-electron chi connectivity index (χ3n) is 5.90. The van der Waals surface area contributed by atoms with Crippen molar-refractivity contribution in [1.82, 2.24) is 15.2 Å². The van der Waals surface area contributed by atoms with Crippen molar-refractivity contribution in [2.75, 3.05) is 11.8 Å². The highest BCUT2D eigenvalue weighted by atomic mass is 32.2. The highest BCUT2D eigenvalue weighted by Crippen LogP contribution is 2.26. The highest BCUT2D eigenvalue weighted by molar-refractivity contribution is 7.87. The zero-order valence-electron chi connectivity index (χ0n) is 23.2. The fourth-order valence-corrected chi connectivity index (χ4v) is 5.25. The maximum Gasteiger partial charge on any atom is 0.410 e. The number of hydrogen-bond donors (Lipinski definition) is 3. The number of aromatic nitrogens is 1. The van der Waals surface area contributed by atoms with Crippen molar-refractivity contribution < 1.29 is 27.3 Å². The number of nitrogens with zero attached hydrogens (tertiary/aromatic N) is 2. The van der Waals surface area contributed by atoms with Gasteiger partial charge >= 0.3 is 16.4 Å². The van der Waals surface area contributed by atoms with Crippen molar-refractivity contribution in [3.05, 3.63) is 81.8 Å². The Morgan fingerprint density at radius 1 is 1.05 bits per heavy atom. The summed E-state index contributed by atoms with van der Waals surface area (Å²) in [4.78, 5) is 33.7. The van der Waals surface area contributed by atoms with E-state index >= 15 is 0 Å². The van der Waals surface area contributed by atoms with E-state index in [1.54, 1.807) is 46.1 Å². The summed E-state index contributed by atoms with van der Waals surface area (Å²) >= 11 is 1.50. The second kappa shape index (κ2) is 13.2. The first-order valence-electron chi connectivity index (χ1n) is 12.8. The average molecular weight is 589 g/mol. The first-order chi connectivity index (χ1) is 18.7. The molecule has 1 aromatic heterocycles. The van der Waals surface area contributed by atoms with Gasteiger partial charge in [-0.3, -0.25) is 19.0 Å². The molecule has 10 nitrogen and oxygen atoms in total. The first kappa shape index (κ1) is 31.1. The number of benzene rings is 2. The number of anilines is 1. The van der Waals surface area contributed by atoms with Gasteiger partial charge in [-0.15, -0.1) is 11.3 Å². The van der Waals surface area contributed by atoms with E-state index in [0.29, 0.717) is 11.4 Å². The van der Waals surface area contributed by atoms with Gasteiger partial charge in [-0.2, -0.15) is 8.42 Å². The highest BCUT2D eigenvalue weighted by Gasteiger charge is 2.32. The standard InChI is InChI=1S/C28H36N4O6S2/c1-6-22-18-29-26(39-22)23(16-20-12-14-21(15-13-20)31-40(35,36)37)30-25(33)24(17-19-10-8-7-9-11-19)32(5)27(34)38-28(2,3)4/h7-15,18,23-24,31H,6,16-17H2,1-5H3,(H,30,33)(H,35,36,37)/t23-,24-/m0/s1. The largest absolute Gasteiger partial charge is 0.444 e. The monoisotopic (exact) mass is 588 g/mol. The van der Waals surface area contributed by atoms with Crippen LogP contribution in [0.1, 0.15) is 54.7 Å². The van der Waals surface area contributed by atoms with Crippen LogP contribution in [0.5, 0.6) is 0 Å². The predicted octanol–water partition coefficient (Wildman–Crippen LogP) is 4.80. The second-order valence-electron chi connectivity index (χ2n) is 10.4. The minimum Gasteiger partial charge on any atom is -0.444 e. The summed E-state index contributed by atoms with van der Waals surface area (Å²) in [6.45, 7) is 7.33. The molecule has 0 aliphatic heterocycles. The number of hydrogen-bond acceptors (Lipinski definition) is 7. The molecule has 0 spiro atoms.